The van der Waals surface area contributed by atoms with Crippen molar-refractivity contribution in [3.8, 4) is 0 Å². The van der Waals surface area contributed by atoms with Gasteiger partial charge < -0.3 is 4.90 Å². The summed E-state index contributed by atoms with van der Waals surface area (Å²) in [6.45, 7) is 0. The number of hydrogen-bond acceptors (Lipinski definition) is 3. The number of amides is 1. The summed E-state index contributed by atoms with van der Waals surface area (Å²) in [6, 6.07) is 6.19. The van der Waals surface area contributed by atoms with Crippen molar-refractivity contribution < 1.29 is 9.59 Å². The molecule has 0 fully saturated rings. The highest BCUT2D eigenvalue weighted by Gasteiger charge is 2.26. The van der Waals surface area contributed by atoms with E-state index < -0.39 is 0 Å². The first-order chi connectivity index (χ1) is 10.1. The van der Waals surface area contributed by atoms with Crippen molar-refractivity contribution in [1.29, 1.82) is 0 Å². The minimum absolute atomic E-state index is 0.0282. The summed E-state index contributed by atoms with van der Waals surface area (Å²) in [5.74, 6) is 0.317. The second-order valence-electron chi connectivity index (χ2n) is 5.82. The molecule has 1 aromatic rings. The third-order valence-electron chi connectivity index (χ3n) is 4.15. The quantitative estimate of drug-likeness (QED) is 0.738. The van der Waals surface area contributed by atoms with Crippen LogP contribution in [-0.4, -0.2) is 30.0 Å². The molecular formula is C17H19NO2S. The van der Waals surface area contributed by atoms with Gasteiger partial charge in [0.05, 0.1) is 0 Å². The van der Waals surface area contributed by atoms with Gasteiger partial charge in [-0.1, -0.05) is 6.07 Å². The normalized spacial score (nSPS) is 17.3. The Hall–Kier alpha value is -1.55. The average Bonchev–Trinajstić information content (AvgIpc) is 2.89. The zero-order valence-electron chi connectivity index (χ0n) is 12.4. The van der Waals surface area contributed by atoms with Gasteiger partial charge in [0.1, 0.15) is 0 Å². The van der Waals surface area contributed by atoms with Gasteiger partial charge in [-0.15, -0.1) is 0 Å². The zero-order chi connectivity index (χ0) is 15.0. The Balaban J connectivity index is 1.94. The van der Waals surface area contributed by atoms with E-state index in [9.17, 15) is 9.59 Å². The lowest BCUT2D eigenvalue weighted by Crippen LogP contribution is -2.16. The lowest BCUT2D eigenvalue weighted by molar-refractivity contribution is -0.115. The predicted octanol–water partition coefficient (Wildman–Crippen LogP) is 3.91. The smallest absolute Gasteiger partial charge is 0.285 e. The molecule has 0 saturated heterocycles. The van der Waals surface area contributed by atoms with Crippen LogP contribution in [0.5, 0.6) is 0 Å². The van der Waals surface area contributed by atoms with E-state index >= 15 is 0 Å². The molecule has 2 aliphatic rings. The van der Waals surface area contributed by atoms with E-state index in [-0.39, 0.29) is 5.24 Å². The third kappa shape index (κ3) is 2.77. The Morgan fingerprint density at radius 3 is 2.62 bits per heavy atom. The Labute approximate surface area is 129 Å². The Bertz CT molecular complexity index is 646. The van der Waals surface area contributed by atoms with Gasteiger partial charge in [0.2, 0.25) is 0 Å². The van der Waals surface area contributed by atoms with Crippen molar-refractivity contribution in [3.05, 3.63) is 34.9 Å². The number of carbonyl (C=O) groups excluding carboxylic acids is 2. The lowest BCUT2D eigenvalue weighted by Gasteiger charge is -2.12. The molecule has 0 bridgehead atoms. The largest absolute Gasteiger partial charge is 0.339 e. The number of aryl methyl sites for hydroxylation is 1. The minimum atomic E-state index is 0.0282. The summed E-state index contributed by atoms with van der Waals surface area (Å²) >= 11 is 1.24. The number of hydrogen-bond donors (Lipinski definition) is 0. The van der Waals surface area contributed by atoms with E-state index in [0.29, 0.717) is 12.2 Å². The van der Waals surface area contributed by atoms with Crippen molar-refractivity contribution in [2.45, 2.75) is 37.0 Å². The van der Waals surface area contributed by atoms with Gasteiger partial charge in [-0.3, -0.25) is 9.59 Å². The molecule has 0 heterocycles. The number of fused-ring (bicyclic) bond motifs is 2. The van der Waals surface area contributed by atoms with E-state index in [2.05, 4.69) is 12.1 Å². The SMILES string of the molecule is CN(C)C(=O)Sc1ccc2c(c1)CCC(=O)C1=C2CCC1. The van der Waals surface area contributed by atoms with Crippen LogP contribution in [0, 0.1) is 0 Å². The summed E-state index contributed by atoms with van der Waals surface area (Å²) in [4.78, 5) is 26.5. The molecule has 0 aromatic heterocycles. The highest BCUT2D eigenvalue weighted by Crippen LogP contribution is 2.40. The van der Waals surface area contributed by atoms with Crippen LogP contribution in [0.3, 0.4) is 0 Å². The number of Topliss-reactive ketones (excluding diaryl/α,β-unsaturated/α-hetero) is 1. The molecule has 3 nitrogen and oxygen atoms in total. The Morgan fingerprint density at radius 2 is 1.86 bits per heavy atom. The Kier molecular flexibility index (Phi) is 3.89. The fourth-order valence-corrected chi connectivity index (χ4v) is 3.80. The maximum atomic E-state index is 12.2. The van der Waals surface area contributed by atoms with Crippen LogP contribution in [-0.2, 0) is 11.2 Å². The van der Waals surface area contributed by atoms with Crippen molar-refractivity contribution in [2.75, 3.05) is 14.1 Å². The molecule has 0 aliphatic heterocycles. The summed E-state index contributed by atoms with van der Waals surface area (Å²) in [7, 11) is 3.51. The molecule has 1 amide bonds. The summed E-state index contributed by atoms with van der Waals surface area (Å²) in [5.41, 5.74) is 4.75. The summed E-state index contributed by atoms with van der Waals surface area (Å²) < 4.78 is 0. The first-order valence-electron chi connectivity index (χ1n) is 7.34. The molecule has 4 heteroatoms. The molecule has 3 rings (SSSR count). The van der Waals surface area contributed by atoms with E-state index in [4.69, 9.17) is 0 Å². The van der Waals surface area contributed by atoms with Crippen LogP contribution in [0.2, 0.25) is 0 Å². The third-order valence-corrected chi connectivity index (χ3v) is 5.18. The van der Waals surface area contributed by atoms with Crippen molar-refractivity contribution >= 4 is 28.4 Å². The molecule has 0 atom stereocenters. The zero-order valence-corrected chi connectivity index (χ0v) is 13.3. The second kappa shape index (κ2) is 5.68. The molecule has 110 valence electrons. The van der Waals surface area contributed by atoms with E-state index in [1.54, 1.807) is 19.0 Å². The van der Waals surface area contributed by atoms with Crippen LogP contribution in [0.4, 0.5) is 4.79 Å². The number of rotatable bonds is 1. The maximum absolute atomic E-state index is 12.2. The van der Waals surface area contributed by atoms with E-state index in [0.717, 1.165) is 36.2 Å². The van der Waals surface area contributed by atoms with Gasteiger partial charge in [-0.05, 0) is 71.9 Å². The van der Waals surface area contributed by atoms with Crippen LogP contribution in [0.15, 0.2) is 28.7 Å². The van der Waals surface area contributed by atoms with Gasteiger partial charge >= 0.3 is 0 Å². The maximum Gasteiger partial charge on any atom is 0.285 e. The highest BCUT2D eigenvalue weighted by molar-refractivity contribution is 8.13. The van der Waals surface area contributed by atoms with Gasteiger partial charge in [-0.2, -0.15) is 0 Å². The average molecular weight is 301 g/mol. The van der Waals surface area contributed by atoms with Crippen LogP contribution in [0.25, 0.3) is 5.57 Å². The summed E-state index contributed by atoms with van der Waals surface area (Å²) in [6.07, 6.45) is 4.42. The fourth-order valence-electron chi connectivity index (χ4n) is 3.07. The van der Waals surface area contributed by atoms with Crippen LogP contribution >= 0.6 is 11.8 Å². The Morgan fingerprint density at radius 1 is 1.10 bits per heavy atom. The van der Waals surface area contributed by atoms with Gasteiger partial charge in [0, 0.05) is 25.4 Å². The van der Waals surface area contributed by atoms with Gasteiger partial charge in [0.25, 0.3) is 5.24 Å². The number of nitrogens with zero attached hydrogens (tertiary/aromatic N) is 1. The van der Waals surface area contributed by atoms with Crippen molar-refractivity contribution in [2.24, 2.45) is 0 Å². The number of allylic oxidation sites excluding steroid dienone is 2. The molecule has 0 spiro atoms. The van der Waals surface area contributed by atoms with E-state index in [1.807, 2.05) is 6.07 Å². The molecule has 0 N–H and O–H groups in total. The molecule has 0 radical (unpaired) electrons. The molecule has 1 aromatic carbocycles. The second-order valence-corrected chi connectivity index (χ2v) is 6.84. The lowest BCUT2D eigenvalue weighted by atomic mass is 9.98. The topological polar surface area (TPSA) is 37.4 Å². The number of benzene rings is 1. The van der Waals surface area contributed by atoms with Gasteiger partial charge in [-0.25, -0.2) is 0 Å². The molecular weight excluding hydrogens is 282 g/mol. The highest BCUT2D eigenvalue weighted by atomic mass is 32.2. The van der Waals surface area contributed by atoms with Crippen LogP contribution in [0.1, 0.15) is 36.8 Å². The van der Waals surface area contributed by atoms with Crippen molar-refractivity contribution in [1.82, 2.24) is 4.90 Å². The molecule has 0 saturated carbocycles. The number of ketones is 1. The first kappa shape index (κ1) is 14.4. The standard InChI is InChI=1S/C17H19NO2S/c1-18(2)17(20)21-12-7-8-13-11(10-12)6-9-16(19)15-5-3-4-14(13)15/h7-8,10H,3-6,9H2,1-2H3. The van der Waals surface area contributed by atoms with Gasteiger partial charge in [0.15, 0.2) is 5.78 Å². The first-order valence-corrected chi connectivity index (χ1v) is 8.15. The fraction of sp³-hybridized carbons (Fsp3) is 0.412. The monoisotopic (exact) mass is 301 g/mol. The number of carbonyl (C=O) groups is 2. The summed E-state index contributed by atoms with van der Waals surface area (Å²) in [5, 5.41) is 0.0282. The number of thioether (sulfide) groups is 1. The molecule has 2 aliphatic carbocycles. The van der Waals surface area contributed by atoms with E-state index in [1.165, 1.54) is 28.5 Å². The van der Waals surface area contributed by atoms with Crippen molar-refractivity contribution in [3.63, 3.8) is 0 Å². The molecule has 21 heavy (non-hydrogen) atoms. The minimum Gasteiger partial charge on any atom is -0.339 e. The molecule has 0 unspecified atom stereocenters. The van der Waals surface area contributed by atoms with Crippen LogP contribution < -0.4 is 0 Å². The predicted molar refractivity (Wildman–Crippen MR) is 85.5 cm³/mol.